The number of benzene rings is 1. The van der Waals surface area contributed by atoms with Crippen LogP contribution in [-0.4, -0.2) is 40.5 Å². The van der Waals surface area contributed by atoms with Gasteiger partial charge in [0.2, 0.25) is 5.95 Å². The van der Waals surface area contributed by atoms with Crippen LogP contribution in [-0.2, 0) is 6.42 Å². The number of hydrogen-bond donors (Lipinski definition) is 2. The van der Waals surface area contributed by atoms with Crippen LogP contribution in [0.5, 0.6) is 0 Å². The maximum atomic E-state index is 12.4. The van der Waals surface area contributed by atoms with Gasteiger partial charge in [-0.2, -0.15) is 0 Å². The molecule has 3 aromatic rings. The summed E-state index contributed by atoms with van der Waals surface area (Å²) in [5.74, 6) is 0.421. The third kappa shape index (κ3) is 3.79. The highest BCUT2D eigenvalue weighted by molar-refractivity contribution is 5.92. The molecule has 6 nitrogen and oxygen atoms in total. The minimum Gasteiger partial charge on any atom is -0.361 e. The van der Waals surface area contributed by atoms with Crippen LogP contribution in [0.4, 0.5) is 5.95 Å². The van der Waals surface area contributed by atoms with Gasteiger partial charge in [-0.3, -0.25) is 4.79 Å². The standard InChI is InChI=1S/C19H23N5O/c1-3-24(4-2)19-21-12-10-17(23-19)18(25)20-11-9-14-13-22-16-8-6-5-7-15(14)16/h5-8,10,12-13,22H,3-4,9,11H2,1-2H3,(H,20,25). The Bertz CT molecular complexity index is 854. The monoisotopic (exact) mass is 337 g/mol. The maximum Gasteiger partial charge on any atom is 0.270 e. The number of fused-ring (bicyclic) bond motifs is 1. The lowest BCUT2D eigenvalue weighted by molar-refractivity contribution is 0.0949. The largest absolute Gasteiger partial charge is 0.361 e. The average Bonchev–Trinajstić information content (AvgIpc) is 3.06. The van der Waals surface area contributed by atoms with Crippen LogP contribution in [0.15, 0.2) is 42.7 Å². The lowest BCUT2D eigenvalue weighted by Gasteiger charge is -2.18. The molecule has 3 rings (SSSR count). The summed E-state index contributed by atoms with van der Waals surface area (Å²) in [5, 5.41) is 4.14. The fourth-order valence-corrected chi connectivity index (χ4v) is 2.87. The molecular weight excluding hydrogens is 314 g/mol. The van der Waals surface area contributed by atoms with Crippen LogP contribution < -0.4 is 10.2 Å². The normalized spacial score (nSPS) is 10.8. The van der Waals surface area contributed by atoms with Crippen molar-refractivity contribution < 1.29 is 4.79 Å². The third-order valence-corrected chi connectivity index (χ3v) is 4.28. The van der Waals surface area contributed by atoms with E-state index in [-0.39, 0.29) is 5.91 Å². The molecule has 2 heterocycles. The van der Waals surface area contributed by atoms with Gasteiger partial charge in [0.1, 0.15) is 5.69 Å². The molecular formula is C19H23N5O. The highest BCUT2D eigenvalue weighted by atomic mass is 16.1. The number of aromatic amines is 1. The minimum absolute atomic E-state index is 0.171. The van der Waals surface area contributed by atoms with Crippen molar-refractivity contribution in [2.24, 2.45) is 0 Å². The molecule has 0 spiro atoms. The van der Waals surface area contributed by atoms with Crippen LogP contribution in [0.25, 0.3) is 10.9 Å². The van der Waals surface area contributed by atoms with E-state index in [9.17, 15) is 4.79 Å². The van der Waals surface area contributed by atoms with E-state index in [1.807, 2.05) is 43.1 Å². The van der Waals surface area contributed by atoms with Crippen LogP contribution >= 0.6 is 0 Å². The van der Waals surface area contributed by atoms with Gasteiger partial charge < -0.3 is 15.2 Å². The molecule has 0 saturated carbocycles. The predicted octanol–water partition coefficient (Wildman–Crippen LogP) is 2.78. The van der Waals surface area contributed by atoms with Gasteiger partial charge in [-0.25, -0.2) is 9.97 Å². The number of carbonyl (C=O) groups excluding carboxylic acids is 1. The molecule has 0 aliphatic rings. The molecule has 0 unspecified atom stereocenters. The number of para-hydroxylation sites is 1. The highest BCUT2D eigenvalue weighted by Gasteiger charge is 2.11. The summed E-state index contributed by atoms with van der Waals surface area (Å²) in [4.78, 5) is 26.3. The van der Waals surface area contributed by atoms with Crippen LogP contribution in [0.3, 0.4) is 0 Å². The molecule has 0 aliphatic heterocycles. The van der Waals surface area contributed by atoms with E-state index in [0.29, 0.717) is 18.2 Å². The van der Waals surface area contributed by atoms with Gasteiger partial charge in [0.05, 0.1) is 0 Å². The van der Waals surface area contributed by atoms with E-state index in [2.05, 4.69) is 26.3 Å². The quantitative estimate of drug-likeness (QED) is 0.695. The molecule has 0 saturated heterocycles. The SMILES string of the molecule is CCN(CC)c1nccc(C(=O)NCCc2c[nH]c3ccccc23)n1. The molecule has 1 amide bonds. The summed E-state index contributed by atoms with van der Waals surface area (Å²) in [6.45, 7) is 6.26. The Morgan fingerprint density at radius 2 is 2.00 bits per heavy atom. The van der Waals surface area contributed by atoms with E-state index in [0.717, 1.165) is 25.0 Å². The van der Waals surface area contributed by atoms with Crippen LogP contribution in [0.1, 0.15) is 29.9 Å². The summed E-state index contributed by atoms with van der Waals surface area (Å²) in [6.07, 6.45) is 4.40. The number of carbonyl (C=O) groups is 1. The zero-order valence-corrected chi connectivity index (χ0v) is 14.6. The Labute approximate surface area is 147 Å². The van der Waals surface area contributed by atoms with Crippen LogP contribution in [0.2, 0.25) is 0 Å². The second-order valence-electron chi connectivity index (χ2n) is 5.78. The van der Waals surface area contributed by atoms with Crippen molar-refractivity contribution in [3.8, 4) is 0 Å². The number of rotatable bonds is 7. The van der Waals surface area contributed by atoms with Gasteiger partial charge in [0.15, 0.2) is 0 Å². The fraction of sp³-hybridized carbons (Fsp3) is 0.316. The predicted molar refractivity (Wildman–Crippen MR) is 99.9 cm³/mol. The number of amides is 1. The van der Waals surface area contributed by atoms with E-state index in [1.54, 1.807) is 12.3 Å². The molecule has 0 radical (unpaired) electrons. The van der Waals surface area contributed by atoms with Crippen molar-refractivity contribution in [1.82, 2.24) is 20.3 Å². The van der Waals surface area contributed by atoms with Gasteiger partial charge in [-0.1, -0.05) is 18.2 Å². The van der Waals surface area contributed by atoms with Crippen LogP contribution in [0, 0.1) is 0 Å². The Morgan fingerprint density at radius 3 is 2.80 bits per heavy atom. The Balaban J connectivity index is 1.62. The number of nitrogens with zero attached hydrogens (tertiary/aromatic N) is 3. The molecule has 2 N–H and O–H groups in total. The third-order valence-electron chi connectivity index (χ3n) is 4.28. The second-order valence-corrected chi connectivity index (χ2v) is 5.78. The van der Waals surface area contributed by atoms with Crippen molar-refractivity contribution in [1.29, 1.82) is 0 Å². The molecule has 6 heteroatoms. The fourth-order valence-electron chi connectivity index (χ4n) is 2.87. The molecule has 0 atom stereocenters. The highest BCUT2D eigenvalue weighted by Crippen LogP contribution is 2.17. The molecule has 0 bridgehead atoms. The van der Waals surface area contributed by atoms with Crippen molar-refractivity contribution in [2.75, 3.05) is 24.5 Å². The molecule has 25 heavy (non-hydrogen) atoms. The topological polar surface area (TPSA) is 73.9 Å². The molecule has 0 fully saturated rings. The summed E-state index contributed by atoms with van der Waals surface area (Å²) < 4.78 is 0. The minimum atomic E-state index is -0.171. The number of hydrogen-bond acceptors (Lipinski definition) is 4. The number of nitrogens with one attached hydrogen (secondary N) is 2. The molecule has 0 aliphatic carbocycles. The summed E-state index contributed by atoms with van der Waals surface area (Å²) in [7, 11) is 0. The Morgan fingerprint density at radius 1 is 1.20 bits per heavy atom. The van der Waals surface area contributed by atoms with Gasteiger partial charge >= 0.3 is 0 Å². The number of aromatic nitrogens is 3. The van der Waals surface area contributed by atoms with Crippen molar-refractivity contribution >= 4 is 22.8 Å². The first-order valence-corrected chi connectivity index (χ1v) is 8.64. The second kappa shape index (κ2) is 7.79. The first-order valence-electron chi connectivity index (χ1n) is 8.64. The Kier molecular flexibility index (Phi) is 5.28. The van der Waals surface area contributed by atoms with E-state index < -0.39 is 0 Å². The van der Waals surface area contributed by atoms with Gasteiger partial charge in [-0.15, -0.1) is 0 Å². The average molecular weight is 337 g/mol. The maximum absolute atomic E-state index is 12.4. The number of anilines is 1. The van der Waals surface area contributed by atoms with Gasteiger partial charge in [-0.05, 0) is 38.0 Å². The summed E-state index contributed by atoms with van der Waals surface area (Å²) >= 11 is 0. The number of H-pyrrole nitrogens is 1. The van der Waals surface area contributed by atoms with E-state index in [1.165, 1.54) is 10.9 Å². The first-order chi connectivity index (χ1) is 12.2. The molecule has 2 aromatic heterocycles. The molecule has 130 valence electrons. The lowest BCUT2D eigenvalue weighted by atomic mass is 10.1. The molecule has 1 aromatic carbocycles. The van der Waals surface area contributed by atoms with Crippen molar-refractivity contribution in [2.45, 2.75) is 20.3 Å². The van der Waals surface area contributed by atoms with E-state index >= 15 is 0 Å². The van der Waals surface area contributed by atoms with Crippen molar-refractivity contribution in [3.63, 3.8) is 0 Å². The summed E-state index contributed by atoms with van der Waals surface area (Å²) in [5.41, 5.74) is 2.71. The first kappa shape index (κ1) is 17.0. The summed E-state index contributed by atoms with van der Waals surface area (Å²) in [6, 6.07) is 9.81. The van der Waals surface area contributed by atoms with E-state index in [4.69, 9.17) is 0 Å². The zero-order chi connectivity index (χ0) is 17.6. The van der Waals surface area contributed by atoms with Crippen molar-refractivity contribution in [3.05, 3.63) is 54.0 Å². The zero-order valence-electron chi connectivity index (χ0n) is 14.6. The lowest BCUT2D eigenvalue weighted by Crippen LogP contribution is -2.29. The smallest absolute Gasteiger partial charge is 0.270 e. The van der Waals surface area contributed by atoms with Gasteiger partial charge in [0.25, 0.3) is 5.91 Å². The van der Waals surface area contributed by atoms with Gasteiger partial charge in [0, 0.05) is 42.9 Å². The Hall–Kier alpha value is -2.89.